The average molecular weight is 816 g/mol. The maximum Gasteiger partial charge on any atom is 0.358 e. The van der Waals surface area contributed by atoms with Gasteiger partial charge < -0.3 is 19.1 Å². The van der Waals surface area contributed by atoms with E-state index in [4.69, 9.17) is 19.2 Å². The molecule has 0 radical (unpaired) electrons. The smallest absolute Gasteiger partial charge is 0.358 e. The van der Waals surface area contributed by atoms with Gasteiger partial charge in [0.15, 0.2) is 38.8 Å². The minimum Gasteiger partial charge on any atom is -0.491 e. The quantitative estimate of drug-likeness (QED) is 0.0421. The van der Waals surface area contributed by atoms with Crippen LogP contribution in [0, 0.1) is 24.6 Å². The van der Waals surface area contributed by atoms with Gasteiger partial charge in [0.2, 0.25) is 0 Å². The van der Waals surface area contributed by atoms with Crippen LogP contribution in [0.25, 0.3) is 10.2 Å². The predicted octanol–water partition coefficient (Wildman–Crippen LogP) is 8.35. The van der Waals surface area contributed by atoms with Crippen LogP contribution in [-0.4, -0.2) is 85.2 Å². The Hall–Kier alpha value is -4.46. The SMILES string of the molecule is CCOC(=O)c1nc(N(C)c2cc(C)c(/N=c3\sc4ccccc4n3COCC[Si](C)(C)C)nn2)sc1CCCOc1ccc(C#CCN2CCCC2)cc1F. The summed E-state index contributed by atoms with van der Waals surface area (Å²) < 4.78 is 35.3. The Labute approximate surface area is 337 Å². The number of carbonyl (C=O) groups is 1. The maximum atomic E-state index is 14.9. The van der Waals surface area contributed by atoms with E-state index in [9.17, 15) is 9.18 Å². The van der Waals surface area contributed by atoms with E-state index in [1.807, 2.05) is 32.2 Å². The number of esters is 1. The molecule has 4 heterocycles. The molecule has 1 aliphatic heterocycles. The van der Waals surface area contributed by atoms with Gasteiger partial charge >= 0.3 is 5.97 Å². The number of ether oxygens (including phenoxy) is 3. The Morgan fingerprint density at radius 3 is 2.62 bits per heavy atom. The Kier molecular flexibility index (Phi) is 14.1. The normalized spacial score (nSPS) is 13.6. The molecule has 5 aromatic rings. The number of para-hydroxylation sites is 1. The zero-order valence-corrected chi connectivity index (χ0v) is 35.7. The van der Waals surface area contributed by atoms with Gasteiger partial charge in [0.25, 0.3) is 0 Å². The number of halogens is 1. The average Bonchev–Trinajstić information content (AvgIpc) is 3.92. The minimum atomic E-state index is -1.22. The van der Waals surface area contributed by atoms with Gasteiger partial charge in [0.05, 0.1) is 30.0 Å². The van der Waals surface area contributed by atoms with E-state index in [0.29, 0.717) is 55.1 Å². The third-order valence-corrected chi connectivity index (χ3v) is 13.2. The zero-order valence-electron chi connectivity index (χ0n) is 33.1. The van der Waals surface area contributed by atoms with Gasteiger partial charge in [0.1, 0.15) is 6.73 Å². The molecular formula is C41H50FN7O4S2Si. The van der Waals surface area contributed by atoms with E-state index in [1.54, 1.807) is 35.3 Å². The lowest BCUT2D eigenvalue weighted by molar-refractivity contribution is 0.0519. The van der Waals surface area contributed by atoms with Crippen molar-refractivity contribution in [3.63, 3.8) is 0 Å². The molecule has 1 fully saturated rings. The summed E-state index contributed by atoms with van der Waals surface area (Å²) in [6.07, 6.45) is 3.44. The summed E-state index contributed by atoms with van der Waals surface area (Å²) in [7, 11) is 0.616. The molecule has 0 unspecified atom stereocenters. The lowest BCUT2D eigenvalue weighted by atomic mass is 10.2. The van der Waals surface area contributed by atoms with E-state index >= 15 is 0 Å². The van der Waals surface area contributed by atoms with Crippen molar-refractivity contribution < 1.29 is 23.4 Å². The van der Waals surface area contributed by atoms with Crippen molar-refractivity contribution in [2.75, 3.05) is 51.4 Å². The van der Waals surface area contributed by atoms with Crippen molar-refractivity contribution in [3.05, 3.63) is 80.8 Å². The zero-order chi connectivity index (χ0) is 39.7. The van der Waals surface area contributed by atoms with Crippen molar-refractivity contribution in [2.24, 2.45) is 4.99 Å². The molecule has 0 bridgehead atoms. The highest BCUT2D eigenvalue weighted by atomic mass is 32.1. The van der Waals surface area contributed by atoms with Crippen LogP contribution in [-0.2, 0) is 22.6 Å². The van der Waals surface area contributed by atoms with Gasteiger partial charge in [-0.3, -0.25) is 9.47 Å². The number of nitrogens with zero attached hydrogens (tertiary/aromatic N) is 7. The molecule has 56 heavy (non-hydrogen) atoms. The molecule has 0 atom stereocenters. The largest absolute Gasteiger partial charge is 0.491 e. The number of hydrogen-bond donors (Lipinski definition) is 0. The molecule has 1 aliphatic rings. The lowest BCUT2D eigenvalue weighted by Gasteiger charge is -2.16. The maximum absolute atomic E-state index is 14.9. The topological polar surface area (TPSA) is 107 Å². The first-order valence-corrected chi connectivity index (χ1v) is 24.4. The van der Waals surface area contributed by atoms with Gasteiger partial charge in [-0.15, -0.1) is 21.5 Å². The number of fused-ring (bicyclic) bond motifs is 1. The molecule has 15 heteroatoms. The number of benzene rings is 2. The second kappa shape index (κ2) is 19.1. The van der Waals surface area contributed by atoms with E-state index in [1.165, 1.54) is 30.2 Å². The number of likely N-dealkylation sites (tertiary alicyclic amines) is 1. The van der Waals surface area contributed by atoms with E-state index in [0.717, 1.165) is 44.6 Å². The highest BCUT2D eigenvalue weighted by Crippen LogP contribution is 2.32. The van der Waals surface area contributed by atoms with Gasteiger partial charge in [-0.05, 0) is 101 Å². The summed E-state index contributed by atoms with van der Waals surface area (Å²) in [4.78, 5) is 28.2. The molecule has 6 rings (SSSR count). The highest BCUT2D eigenvalue weighted by Gasteiger charge is 2.23. The lowest BCUT2D eigenvalue weighted by Crippen LogP contribution is -2.23. The molecular weight excluding hydrogens is 766 g/mol. The van der Waals surface area contributed by atoms with Crippen LogP contribution in [0.5, 0.6) is 5.75 Å². The molecule has 0 N–H and O–H groups in total. The first-order chi connectivity index (χ1) is 27.0. The van der Waals surface area contributed by atoms with Crippen LogP contribution >= 0.6 is 22.7 Å². The standard InChI is InChI=1S/C41H50FN7O4S2Si/c1-7-52-39(50)37-35(17-13-23-53-33-19-18-30(27-31(33)42)14-12-22-48-20-10-11-21-48)55-40(43-37)47(3)36-26-29(2)38(46-45-36)44-41-49(28-51-24-25-56(4,5)6)32-15-8-9-16-34(32)54-41/h8-9,15-16,18-19,26-27H,7,10-11,13,17,20-25,28H2,1-6H3/b44-41-. The fourth-order valence-corrected chi connectivity index (χ4v) is 8.84. The molecule has 2 aromatic carbocycles. The monoisotopic (exact) mass is 815 g/mol. The number of anilines is 2. The van der Waals surface area contributed by atoms with Crippen molar-refractivity contribution in [1.82, 2.24) is 24.6 Å². The number of rotatable bonds is 16. The first-order valence-electron chi connectivity index (χ1n) is 19.1. The van der Waals surface area contributed by atoms with Gasteiger partial charge in [-0.2, -0.15) is 4.99 Å². The van der Waals surface area contributed by atoms with E-state index in [2.05, 4.69) is 68.3 Å². The number of aromatic nitrogens is 4. The second-order valence-electron chi connectivity index (χ2n) is 14.9. The number of thiazole rings is 2. The highest BCUT2D eigenvalue weighted by molar-refractivity contribution is 7.16. The van der Waals surface area contributed by atoms with Crippen LogP contribution in [0.3, 0.4) is 0 Å². The molecule has 1 saturated heterocycles. The van der Waals surface area contributed by atoms with E-state index in [-0.39, 0.29) is 24.7 Å². The predicted molar refractivity (Wildman–Crippen MR) is 225 cm³/mol. The van der Waals surface area contributed by atoms with Gasteiger partial charge in [-0.25, -0.2) is 14.2 Å². The van der Waals surface area contributed by atoms with Gasteiger partial charge in [-0.1, -0.05) is 55.0 Å². The fraction of sp³-hybridized carbons (Fsp3) is 0.439. The fourth-order valence-electron chi connectivity index (χ4n) is 6.01. The Morgan fingerprint density at radius 2 is 1.88 bits per heavy atom. The summed E-state index contributed by atoms with van der Waals surface area (Å²) in [6, 6.07) is 16.0. The summed E-state index contributed by atoms with van der Waals surface area (Å²) in [5.74, 6) is 6.48. The van der Waals surface area contributed by atoms with Crippen LogP contribution in [0.2, 0.25) is 25.7 Å². The molecule has 296 valence electrons. The Morgan fingerprint density at radius 1 is 1.07 bits per heavy atom. The number of hydrogen-bond acceptors (Lipinski definition) is 12. The van der Waals surface area contributed by atoms with Gasteiger partial charge in [0, 0.05) is 32.2 Å². The molecule has 0 amide bonds. The third kappa shape index (κ3) is 10.9. The van der Waals surface area contributed by atoms with Crippen LogP contribution in [0.4, 0.5) is 21.2 Å². The van der Waals surface area contributed by atoms with Crippen molar-refractivity contribution >= 4 is 63.7 Å². The molecule has 11 nitrogen and oxygen atoms in total. The van der Waals surface area contributed by atoms with Crippen LogP contribution in [0.15, 0.2) is 53.5 Å². The summed E-state index contributed by atoms with van der Waals surface area (Å²) in [6.45, 7) is 15.2. The molecule has 0 saturated carbocycles. The second-order valence-corrected chi connectivity index (χ2v) is 22.6. The number of carbonyl (C=O) groups excluding carboxylic acids is 1. The molecule has 3 aromatic heterocycles. The first kappa shape index (κ1) is 41.2. The Balaban J connectivity index is 1.13. The van der Waals surface area contributed by atoms with Crippen LogP contribution < -0.4 is 14.4 Å². The van der Waals surface area contributed by atoms with Crippen molar-refractivity contribution in [2.45, 2.75) is 71.9 Å². The van der Waals surface area contributed by atoms with Crippen LogP contribution in [0.1, 0.15) is 52.7 Å². The summed E-state index contributed by atoms with van der Waals surface area (Å²) in [5, 5.41) is 9.59. The van der Waals surface area contributed by atoms with Crippen molar-refractivity contribution in [1.29, 1.82) is 0 Å². The Bertz CT molecular complexity index is 2270. The van der Waals surface area contributed by atoms with E-state index < -0.39 is 19.9 Å². The number of aryl methyl sites for hydroxylation is 2. The summed E-state index contributed by atoms with van der Waals surface area (Å²) in [5.41, 5.74) is 2.76. The van der Waals surface area contributed by atoms with Crippen molar-refractivity contribution in [3.8, 4) is 17.6 Å². The molecule has 0 spiro atoms. The molecule has 0 aliphatic carbocycles. The summed E-state index contributed by atoms with van der Waals surface area (Å²) >= 11 is 2.96. The minimum absolute atomic E-state index is 0.169. The third-order valence-electron chi connectivity index (χ3n) is 9.21.